The molecule has 0 saturated heterocycles. The summed E-state index contributed by atoms with van der Waals surface area (Å²) < 4.78 is 0. The van der Waals surface area contributed by atoms with E-state index in [0.29, 0.717) is 0 Å². The van der Waals surface area contributed by atoms with E-state index in [1.807, 2.05) is 0 Å². The molecule has 0 spiro atoms. The van der Waals surface area contributed by atoms with Crippen molar-refractivity contribution in [2.24, 2.45) is 0 Å². The summed E-state index contributed by atoms with van der Waals surface area (Å²) in [6, 6.07) is 0. The Bertz CT molecular complexity index is 4.00. The first kappa shape index (κ1) is 35.2. The third-order valence-electron chi connectivity index (χ3n) is 0. The summed E-state index contributed by atoms with van der Waals surface area (Å²) in [6.45, 7) is 0. The molecule has 4 heavy (non-hydrogen) atoms. The zero-order valence-electron chi connectivity index (χ0n) is 1.53. The van der Waals surface area contributed by atoms with Gasteiger partial charge in [-0.3, -0.25) is 0 Å². The second kappa shape index (κ2) is 19.2. The first-order chi connectivity index (χ1) is 0. The molecule has 0 aliphatic heterocycles. The minimum absolute atomic E-state index is 0. The SMILES string of the molecule is [Ni].[Ni].[V].[V]. The second-order valence-corrected chi connectivity index (χ2v) is 0. The molecule has 0 amide bonds. The van der Waals surface area contributed by atoms with E-state index < -0.39 is 0 Å². The van der Waals surface area contributed by atoms with Crippen LogP contribution in [0, 0.1) is 0 Å². The molecule has 4 heteroatoms. The fraction of sp³-hybridized carbons (Fsp3) is 0. The monoisotopic (exact) mass is 218 g/mol. The van der Waals surface area contributed by atoms with Gasteiger partial charge in [-0.25, -0.2) is 0 Å². The molecule has 0 aromatic heterocycles. The topological polar surface area (TPSA) is 0 Å². The van der Waals surface area contributed by atoms with Crippen LogP contribution in [0.4, 0.5) is 0 Å². The normalized spacial score (nSPS) is 0. The predicted octanol–water partition coefficient (Wildman–Crippen LogP) is -0.0100. The van der Waals surface area contributed by atoms with Crippen LogP contribution in [0.3, 0.4) is 0 Å². The molecule has 0 N–H and O–H groups in total. The van der Waals surface area contributed by atoms with Crippen LogP contribution >= 0.6 is 0 Å². The van der Waals surface area contributed by atoms with Gasteiger partial charge in [0.2, 0.25) is 0 Å². The molecule has 0 saturated carbocycles. The maximum atomic E-state index is 0. The Morgan fingerprint density at radius 3 is 0.500 bits per heavy atom. The van der Waals surface area contributed by atoms with Gasteiger partial charge in [0.15, 0.2) is 0 Å². The van der Waals surface area contributed by atoms with Crippen LogP contribution in [-0.4, -0.2) is 0 Å². The molecule has 0 aromatic carbocycles. The molecule has 0 bridgehead atoms. The largest absolute Gasteiger partial charge is 0 e. The molecule has 0 rings (SSSR count). The minimum Gasteiger partial charge on any atom is 0 e. The molecule has 0 unspecified atom stereocenters. The third kappa shape index (κ3) is 8.91. The van der Waals surface area contributed by atoms with Gasteiger partial charge in [-0.05, 0) is 0 Å². The van der Waals surface area contributed by atoms with E-state index in [9.17, 15) is 0 Å². The van der Waals surface area contributed by atoms with Crippen molar-refractivity contribution >= 4 is 0 Å². The van der Waals surface area contributed by atoms with Crippen LogP contribution in [0.1, 0.15) is 0 Å². The summed E-state index contributed by atoms with van der Waals surface area (Å²) in [5.74, 6) is 0. The van der Waals surface area contributed by atoms with Gasteiger partial charge in [0.05, 0.1) is 0 Å². The Labute approximate surface area is 69.5 Å². The van der Waals surface area contributed by atoms with Gasteiger partial charge >= 0.3 is 0 Å². The summed E-state index contributed by atoms with van der Waals surface area (Å²) in [7, 11) is 0. The van der Waals surface area contributed by atoms with Crippen molar-refractivity contribution in [3.63, 3.8) is 0 Å². The molecule has 0 atom stereocenters. The van der Waals surface area contributed by atoms with E-state index in [1.165, 1.54) is 0 Å². The first-order valence-corrected chi connectivity index (χ1v) is 0. The zero-order valence-corrected chi connectivity index (χ0v) is 6.30. The fourth-order valence-electron chi connectivity index (χ4n) is 0. The van der Waals surface area contributed by atoms with E-state index in [0.717, 1.165) is 0 Å². The van der Waals surface area contributed by atoms with Crippen molar-refractivity contribution in [1.82, 2.24) is 0 Å². The zero-order chi connectivity index (χ0) is 0. The summed E-state index contributed by atoms with van der Waals surface area (Å²) in [4.78, 5) is 0. The van der Waals surface area contributed by atoms with E-state index in [-0.39, 0.29) is 70.1 Å². The van der Waals surface area contributed by atoms with E-state index in [1.54, 1.807) is 0 Å². The Hall–Kier alpha value is 2.16. The van der Waals surface area contributed by atoms with Gasteiger partial charge in [-0.15, -0.1) is 0 Å². The van der Waals surface area contributed by atoms with Gasteiger partial charge in [0.1, 0.15) is 0 Å². The molecule has 0 aromatic rings. The van der Waals surface area contributed by atoms with Crippen molar-refractivity contribution in [3.05, 3.63) is 0 Å². The Morgan fingerprint density at radius 1 is 0.500 bits per heavy atom. The molecular formula is Ni2V2. The van der Waals surface area contributed by atoms with Crippen molar-refractivity contribution in [2.75, 3.05) is 0 Å². The molecular weight excluding hydrogens is 219 g/mol. The second-order valence-electron chi connectivity index (χ2n) is 0. The van der Waals surface area contributed by atoms with Crippen LogP contribution in [0.15, 0.2) is 0 Å². The van der Waals surface area contributed by atoms with Crippen LogP contribution in [0.2, 0.25) is 0 Å². The molecule has 0 heterocycles. The molecule has 0 aliphatic rings. The average molecular weight is 219 g/mol. The smallest absolute Gasteiger partial charge is 0 e. The van der Waals surface area contributed by atoms with Crippen molar-refractivity contribution < 1.29 is 70.1 Å². The Kier molecular flexibility index (Phi) is 169. The summed E-state index contributed by atoms with van der Waals surface area (Å²) in [5.41, 5.74) is 0. The third-order valence-corrected chi connectivity index (χ3v) is 0. The maximum Gasteiger partial charge on any atom is 0 e. The molecule has 0 nitrogen and oxygen atoms in total. The number of rotatable bonds is 0. The molecule has 30 valence electrons. The van der Waals surface area contributed by atoms with E-state index in [2.05, 4.69) is 0 Å². The van der Waals surface area contributed by atoms with Crippen LogP contribution in [0.5, 0.6) is 0 Å². The average Bonchev–Trinajstić information content (AvgIpc) is 0. The van der Waals surface area contributed by atoms with E-state index >= 15 is 0 Å². The van der Waals surface area contributed by atoms with Crippen molar-refractivity contribution in [2.45, 2.75) is 0 Å². The fourth-order valence-corrected chi connectivity index (χ4v) is 0. The predicted molar refractivity (Wildman–Crippen MR) is 0 cm³/mol. The van der Waals surface area contributed by atoms with Crippen molar-refractivity contribution in [1.29, 1.82) is 0 Å². The van der Waals surface area contributed by atoms with Crippen LogP contribution < -0.4 is 0 Å². The molecule has 0 aliphatic carbocycles. The Morgan fingerprint density at radius 2 is 0.500 bits per heavy atom. The van der Waals surface area contributed by atoms with Gasteiger partial charge < -0.3 is 0 Å². The Balaban J connectivity index is 0. The van der Waals surface area contributed by atoms with Crippen LogP contribution in [-0.2, 0) is 70.1 Å². The standard InChI is InChI=1S/2Ni.2V. The minimum atomic E-state index is 0. The maximum absolute atomic E-state index is 0. The quantitative estimate of drug-likeness (QED) is 0.503. The first-order valence-electron chi connectivity index (χ1n) is 0. The summed E-state index contributed by atoms with van der Waals surface area (Å²) in [5, 5.41) is 0. The number of hydrogen-bond donors (Lipinski definition) is 0. The molecule has 0 fully saturated rings. The van der Waals surface area contributed by atoms with Gasteiger partial charge in [-0.1, -0.05) is 0 Å². The van der Waals surface area contributed by atoms with Gasteiger partial charge in [-0.2, -0.15) is 0 Å². The van der Waals surface area contributed by atoms with Crippen LogP contribution in [0.25, 0.3) is 0 Å². The van der Waals surface area contributed by atoms with Crippen molar-refractivity contribution in [3.8, 4) is 0 Å². The number of hydrogen-bond acceptors (Lipinski definition) is 0. The summed E-state index contributed by atoms with van der Waals surface area (Å²) >= 11 is 0. The van der Waals surface area contributed by atoms with Gasteiger partial charge in [0.25, 0.3) is 0 Å². The molecule has 2 radical (unpaired) electrons. The van der Waals surface area contributed by atoms with E-state index in [4.69, 9.17) is 0 Å². The van der Waals surface area contributed by atoms with Gasteiger partial charge in [0, 0.05) is 70.1 Å². The summed E-state index contributed by atoms with van der Waals surface area (Å²) in [6.07, 6.45) is 0.